The minimum Gasteiger partial charge on any atom is -0.344 e. The number of fused-ring (bicyclic) bond motifs is 1. The average molecular weight is 530 g/mol. The van der Waals surface area contributed by atoms with Crippen molar-refractivity contribution in [1.82, 2.24) is 20.0 Å². The highest BCUT2D eigenvalue weighted by atomic mass is 19.3. The van der Waals surface area contributed by atoms with Gasteiger partial charge in [-0.05, 0) is 57.4 Å². The Morgan fingerprint density at radius 2 is 1.79 bits per heavy atom. The van der Waals surface area contributed by atoms with Crippen LogP contribution in [0.1, 0.15) is 55.1 Å². The van der Waals surface area contributed by atoms with Crippen LogP contribution in [-0.4, -0.2) is 58.5 Å². The van der Waals surface area contributed by atoms with Crippen molar-refractivity contribution in [3.05, 3.63) is 59.5 Å². The van der Waals surface area contributed by atoms with Gasteiger partial charge < -0.3 is 10.2 Å². The van der Waals surface area contributed by atoms with Crippen LogP contribution < -0.4 is 10.2 Å². The number of nitrogens with zero attached hydrogens (tertiary/aromatic N) is 4. The monoisotopic (exact) mass is 529 g/mol. The number of aromatic nitrogens is 2. The third-order valence-corrected chi connectivity index (χ3v) is 6.57. The predicted octanol–water partition coefficient (Wildman–Crippen LogP) is 4.93. The van der Waals surface area contributed by atoms with Gasteiger partial charge in [-0.2, -0.15) is 13.9 Å². The number of hydrogen-bond donors (Lipinski definition) is 1. The van der Waals surface area contributed by atoms with Crippen molar-refractivity contribution in [2.24, 2.45) is 0 Å². The van der Waals surface area contributed by atoms with E-state index in [9.17, 15) is 23.2 Å². The van der Waals surface area contributed by atoms with E-state index in [4.69, 9.17) is 0 Å². The van der Waals surface area contributed by atoms with Gasteiger partial charge in [0.2, 0.25) is 0 Å². The molecular formula is C27H30F3N5O3. The summed E-state index contributed by atoms with van der Waals surface area (Å²) in [6, 6.07) is 9.15. The lowest BCUT2D eigenvalue weighted by molar-refractivity contribution is -0.131. The number of carbonyl (C=O) groups is 3. The fraction of sp³-hybridized carbons (Fsp3) is 0.407. The zero-order valence-electron chi connectivity index (χ0n) is 21.3. The second kappa shape index (κ2) is 11.7. The molecule has 0 radical (unpaired) electrons. The van der Waals surface area contributed by atoms with Gasteiger partial charge in [-0.1, -0.05) is 12.1 Å². The first-order valence-corrected chi connectivity index (χ1v) is 12.6. The molecule has 38 heavy (non-hydrogen) atoms. The lowest BCUT2D eigenvalue weighted by atomic mass is 10.1. The smallest absolute Gasteiger partial charge is 0.324 e. The molecule has 1 aliphatic heterocycles. The van der Waals surface area contributed by atoms with Gasteiger partial charge in [0.15, 0.2) is 5.78 Å². The molecule has 11 heteroatoms. The van der Waals surface area contributed by atoms with Gasteiger partial charge in [-0.3, -0.25) is 19.2 Å². The predicted molar refractivity (Wildman–Crippen MR) is 137 cm³/mol. The summed E-state index contributed by atoms with van der Waals surface area (Å²) < 4.78 is 41.8. The van der Waals surface area contributed by atoms with Crippen LogP contribution in [0.2, 0.25) is 0 Å². The number of anilines is 1. The maximum atomic E-state index is 15.2. The number of Topliss-reactive ketones (excluding diaryl/α,β-unsaturated/α-hetero) is 1. The van der Waals surface area contributed by atoms with Crippen molar-refractivity contribution in [3.8, 4) is 0 Å². The van der Waals surface area contributed by atoms with Crippen LogP contribution in [0.5, 0.6) is 0 Å². The summed E-state index contributed by atoms with van der Waals surface area (Å²) in [6.45, 7) is 4.48. The van der Waals surface area contributed by atoms with Gasteiger partial charge in [-0.15, -0.1) is 0 Å². The first-order chi connectivity index (χ1) is 18.2. The van der Waals surface area contributed by atoms with Crippen LogP contribution in [0, 0.1) is 5.82 Å². The Kier molecular flexibility index (Phi) is 8.33. The number of amides is 3. The topological polar surface area (TPSA) is 87.5 Å². The van der Waals surface area contributed by atoms with Gasteiger partial charge in [0.1, 0.15) is 5.82 Å². The van der Waals surface area contributed by atoms with Crippen molar-refractivity contribution in [3.63, 3.8) is 0 Å². The molecule has 0 spiro atoms. The van der Waals surface area contributed by atoms with Crippen molar-refractivity contribution in [1.29, 1.82) is 0 Å². The molecule has 3 aromatic rings. The summed E-state index contributed by atoms with van der Waals surface area (Å²) in [5.74, 6) is -3.00. The highest BCUT2D eigenvalue weighted by Crippen LogP contribution is 2.28. The lowest BCUT2D eigenvalue weighted by Gasteiger charge is -2.33. The minimum absolute atomic E-state index is 0.0722. The molecular weight excluding hydrogens is 499 g/mol. The van der Waals surface area contributed by atoms with Crippen LogP contribution in [0.15, 0.2) is 42.6 Å². The molecule has 0 aliphatic carbocycles. The number of rotatable bonds is 8. The number of halogens is 3. The summed E-state index contributed by atoms with van der Waals surface area (Å²) >= 11 is 0. The number of benzene rings is 2. The van der Waals surface area contributed by atoms with Crippen LogP contribution in [0.3, 0.4) is 0 Å². The molecule has 3 amide bonds. The Morgan fingerprint density at radius 3 is 2.45 bits per heavy atom. The number of likely N-dealkylation sites (tertiary alicyclic amines) is 1. The van der Waals surface area contributed by atoms with Crippen molar-refractivity contribution in [2.45, 2.75) is 52.1 Å². The third-order valence-electron chi connectivity index (χ3n) is 6.57. The van der Waals surface area contributed by atoms with Crippen LogP contribution in [0.25, 0.3) is 10.9 Å². The van der Waals surface area contributed by atoms with E-state index in [1.54, 1.807) is 17.2 Å². The van der Waals surface area contributed by atoms with Crippen molar-refractivity contribution >= 4 is 34.3 Å². The maximum absolute atomic E-state index is 15.2. The second-order valence-electron chi connectivity index (χ2n) is 9.59. The molecule has 0 bridgehead atoms. The van der Waals surface area contributed by atoms with E-state index in [0.29, 0.717) is 18.8 Å². The molecule has 202 valence electrons. The molecule has 1 aliphatic rings. The van der Waals surface area contributed by atoms with E-state index in [2.05, 4.69) is 5.10 Å². The van der Waals surface area contributed by atoms with Crippen LogP contribution in [-0.2, 0) is 11.3 Å². The number of hydrogen-bond acceptors (Lipinski definition) is 4. The molecule has 1 aromatic heterocycles. The number of piperidine rings is 1. The molecule has 0 atom stereocenters. The maximum Gasteiger partial charge on any atom is 0.324 e. The number of nitrogens with one attached hydrogen (secondary N) is 1. The van der Waals surface area contributed by atoms with Crippen molar-refractivity contribution in [2.75, 3.05) is 24.5 Å². The van der Waals surface area contributed by atoms with Gasteiger partial charge >= 0.3 is 12.5 Å². The second-order valence-corrected chi connectivity index (χ2v) is 9.59. The van der Waals surface area contributed by atoms with Gasteiger partial charge in [0, 0.05) is 41.3 Å². The van der Waals surface area contributed by atoms with E-state index < -0.39 is 30.5 Å². The average Bonchev–Trinajstić information content (AvgIpc) is 3.34. The summed E-state index contributed by atoms with van der Waals surface area (Å²) in [5.41, 5.74) is 1.55. The fourth-order valence-corrected chi connectivity index (χ4v) is 4.50. The Balaban J connectivity index is 1.62. The SMILES string of the molecule is CC(C)n1ncc2ccc(N(Cc3ccc(C(=O)CNC(=O)C(F)F)cc3F)C(=O)N3CCCCC3)cc21. The van der Waals surface area contributed by atoms with Gasteiger partial charge in [0.05, 0.1) is 24.8 Å². The number of alkyl halides is 2. The number of carbonyl (C=O) groups excluding carboxylic acids is 3. The minimum atomic E-state index is -3.25. The highest BCUT2D eigenvalue weighted by Gasteiger charge is 2.26. The zero-order valence-corrected chi connectivity index (χ0v) is 21.3. The molecule has 1 N–H and O–H groups in total. The zero-order chi connectivity index (χ0) is 27.4. The van der Waals surface area contributed by atoms with E-state index in [0.717, 1.165) is 36.2 Å². The van der Waals surface area contributed by atoms with Crippen LogP contribution >= 0.6 is 0 Å². The largest absolute Gasteiger partial charge is 0.344 e. The first kappa shape index (κ1) is 27.2. The number of urea groups is 1. The summed E-state index contributed by atoms with van der Waals surface area (Å²) in [7, 11) is 0. The van der Waals surface area contributed by atoms with E-state index in [-0.39, 0.29) is 29.7 Å². The summed E-state index contributed by atoms with van der Waals surface area (Å²) in [5, 5.41) is 7.17. The Morgan fingerprint density at radius 1 is 1.05 bits per heavy atom. The molecule has 8 nitrogen and oxygen atoms in total. The Hall–Kier alpha value is -3.89. The molecule has 1 fully saturated rings. The number of ketones is 1. The molecule has 0 saturated carbocycles. The fourth-order valence-electron chi connectivity index (χ4n) is 4.50. The standard InChI is InChI=1S/C27H30F3N5O3/c1-17(2)35-23-13-21(9-8-19(23)14-32-35)34(27(38)33-10-4-3-5-11-33)16-20-7-6-18(12-22(20)28)24(36)15-31-26(37)25(29)30/h6-9,12-14,17,25H,3-5,10-11,15-16H2,1-2H3,(H,31,37). The summed E-state index contributed by atoms with van der Waals surface area (Å²) in [4.78, 5) is 40.2. The Bertz CT molecular complexity index is 1330. The van der Waals surface area contributed by atoms with E-state index in [1.165, 1.54) is 17.0 Å². The lowest BCUT2D eigenvalue weighted by Crippen LogP contribution is -2.45. The summed E-state index contributed by atoms with van der Waals surface area (Å²) in [6.07, 6.45) is 1.35. The molecule has 2 heterocycles. The Labute approximate surface area is 218 Å². The van der Waals surface area contributed by atoms with Gasteiger partial charge in [-0.25, -0.2) is 9.18 Å². The third kappa shape index (κ3) is 5.98. The van der Waals surface area contributed by atoms with Gasteiger partial charge in [0.25, 0.3) is 5.91 Å². The molecule has 2 aromatic carbocycles. The van der Waals surface area contributed by atoms with Crippen molar-refractivity contribution < 1.29 is 27.6 Å². The molecule has 0 unspecified atom stereocenters. The quantitative estimate of drug-likeness (QED) is 0.419. The van der Waals surface area contributed by atoms with Crippen LogP contribution in [0.4, 0.5) is 23.7 Å². The molecule has 4 rings (SSSR count). The van der Waals surface area contributed by atoms with E-state index in [1.807, 2.05) is 36.0 Å². The van der Waals surface area contributed by atoms with E-state index >= 15 is 4.39 Å². The normalized spacial score (nSPS) is 13.8. The highest BCUT2D eigenvalue weighted by molar-refractivity contribution is 5.99. The molecule has 1 saturated heterocycles. The first-order valence-electron chi connectivity index (χ1n) is 12.6.